The maximum absolute atomic E-state index is 12.8. The summed E-state index contributed by atoms with van der Waals surface area (Å²) in [6.07, 6.45) is 36.8. The first-order chi connectivity index (χ1) is 27.8. The first kappa shape index (κ1) is 52.7. The zero-order valence-corrected chi connectivity index (χ0v) is 35.8. The molecule has 0 radical (unpaired) electrons. The Hall–Kier alpha value is -2.34. The van der Waals surface area contributed by atoms with Crippen molar-refractivity contribution in [2.45, 2.75) is 218 Å². The molecule has 1 fully saturated rings. The number of hydrogen-bond acceptors (Lipinski definition) is 10. The lowest BCUT2D eigenvalue weighted by Crippen LogP contribution is -2.59. The Morgan fingerprint density at radius 3 is 1.56 bits per heavy atom. The Kier molecular flexibility index (Phi) is 35.0. The van der Waals surface area contributed by atoms with E-state index in [0.717, 1.165) is 70.6 Å². The van der Waals surface area contributed by atoms with Gasteiger partial charge in [-0.15, -0.1) is 0 Å². The van der Waals surface area contributed by atoms with Gasteiger partial charge in [-0.05, 0) is 51.4 Å². The second kappa shape index (κ2) is 37.9. The zero-order valence-electron chi connectivity index (χ0n) is 35.8. The van der Waals surface area contributed by atoms with Crippen LogP contribution in [0, 0.1) is 0 Å². The maximum atomic E-state index is 12.8. The van der Waals surface area contributed by atoms with Crippen LogP contribution in [0.3, 0.4) is 0 Å². The molecule has 0 aromatic rings. The lowest BCUT2D eigenvalue weighted by atomic mass is 9.99. The molecule has 4 N–H and O–H groups in total. The number of aliphatic hydroxyl groups excluding tert-OH is 4. The summed E-state index contributed by atoms with van der Waals surface area (Å²) in [5.74, 6) is -0.832. The van der Waals surface area contributed by atoms with E-state index in [1.807, 2.05) is 0 Å². The largest absolute Gasteiger partial charge is 0.462 e. The molecule has 6 unspecified atom stereocenters. The number of hydrogen-bond donors (Lipinski definition) is 4. The lowest BCUT2D eigenvalue weighted by molar-refractivity contribution is -0.305. The summed E-state index contributed by atoms with van der Waals surface area (Å²) >= 11 is 0. The van der Waals surface area contributed by atoms with Crippen molar-refractivity contribution in [1.29, 1.82) is 0 Å². The minimum absolute atomic E-state index is 0.202. The molecule has 10 heteroatoms. The van der Waals surface area contributed by atoms with Crippen molar-refractivity contribution >= 4 is 11.9 Å². The highest BCUT2D eigenvalue weighted by atomic mass is 16.7. The Morgan fingerprint density at radius 2 is 1.04 bits per heavy atom. The fourth-order valence-electron chi connectivity index (χ4n) is 6.65. The summed E-state index contributed by atoms with van der Waals surface area (Å²) in [6, 6.07) is 0. The number of unbranched alkanes of at least 4 members (excludes halogenated alkanes) is 18. The molecule has 57 heavy (non-hydrogen) atoms. The van der Waals surface area contributed by atoms with Crippen LogP contribution >= 0.6 is 0 Å². The first-order valence-electron chi connectivity index (χ1n) is 22.7. The van der Waals surface area contributed by atoms with Gasteiger partial charge < -0.3 is 39.4 Å². The van der Waals surface area contributed by atoms with E-state index in [2.05, 4.69) is 62.5 Å². The maximum Gasteiger partial charge on any atom is 0.306 e. The van der Waals surface area contributed by atoms with Crippen LogP contribution in [0.1, 0.15) is 181 Å². The third-order valence-electron chi connectivity index (χ3n) is 10.2. The predicted molar refractivity (Wildman–Crippen MR) is 229 cm³/mol. The highest BCUT2D eigenvalue weighted by molar-refractivity contribution is 5.70. The molecule has 0 aliphatic carbocycles. The van der Waals surface area contributed by atoms with Gasteiger partial charge in [0.25, 0.3) is 0 Å². The average Bonchev–Trinajstić information content (AvgIpc) is 3.21. The Morgan fingerprint density at radius 1 is 0.561 bits per heavy atom. The van der Waals surface area contributed by atoms with Gasteiger partial charge in [-0.25, -0.2) is 0 Å². The van der Waals surface area contributed by atoms with Crippen LogP contribution in [0.5, 0.6) is 0 Å². The van der Waals surface area contributed by atoms with E-state index in [1.54, 1.807) is 0 Å². The smallest absolute Gasteiger partial charge is 0.306 e. The van der Waals surface area contributed by atoms with Crippen LogP contribution < -0.4 is 0 Å². The van der Waals surface area contributed by atoms with Crippen LogP contribution in [0.4, 0.5) is 0 Å². The van der Waals surface area contributed by atoms with Crippen LogP contribution in [0.15, 0.2) is 48.6 Å². The van der Waals surface area contributed by atoms with Gasteiger partial charge in [-0.2, -0.15) is 0 Å². The third kappa shape index (κ3) is 29.5. The van der Waals surface area contributed by atoms with Crippen LogP contribution in [-0.4, -0.2) is 89.0 Å². The van der Waals surface area contributed by atoms with Crippen molar-refractivity contribution in [1.82, 2.24) is 0 Å². The highest BCUT2D eigenvalue weighted by Crippen LogP contribution is 2.22. The van der Waals surface area contributed by atoms with Crippen LogP contribution in [0.2, 0.25) is 0 Å². The number of rotatable bonds is 37. The topological polar surface area (TPSA) is 152 Å². The van der Waals surface area contributed by atoms with Gasteiger partial charge in [-0.3, -0.25) is 9.59 Å². The number of ether oxygens (including phenoxy) is 4. The van der Waals surface area contributed by atoms with Gasteiger partial charge in [0.05, 0.1) is 13.2 Å². The lowest BCUT2D eigenvalue weighted by Gasteiger charge is -2.39. The number of carbonyl (C=O) groups excluding carboxylic acids is 2. The average molecular weight is 807 g/mol. The molecular weight excluding hydrogens is 725 g/mol. The standard InChI is InChI=1S/C47H82O10/c1-3-5-7-9-11-13-15-17-19-20-22-24-26-28-30-32-34-36-43(50)56-40(39-55-47-46(53)45(52)44(51)41(37-48)57-47)38-54-42(49)35-33-31-29-27-25-23-21-18-16-14-12-10-8-6-4-2/h5,7,11,13,17,19,22,24,40-41,44-48,51-53H,3-4,6,8-10,12,14-16,18,20-21,23,25-39H2,1-2H3/b7-5-,13-11-,19-17-,24-22-. The predicted octanol–water partition coefficient (Wildman–Crippen LogP) is 9.67. The zero-order chi connectivity index (χ0) is 41.6. The molecule has 1 aliphatic rings. The molecule has 0 aromatic carbocycles. The molecule has 10 nitrogen and oxygen atoms in total. The van der Waals surface area contributed by atoms with E-state index in [0.29, 0.717) is 6.42 Å². The molecule has 0 saturated carbocycles. The van der Waals surface area contributed by atoms with Gasteiger partial charge in [0.1, 0.15) is 31.0 Å². The van der Waals surface area contributed by atoms with E-state index < -0.39 is 49.4 Å². The van der Waals surface area contributed by atoms with E-state index in [1.165, 1.54) is 77.0 Å². The van der Waals surface area contributed by atoms with Gasteiger partial charge in [0, 0.05) is 12.8 Å². The fraction of sp³-hybridized carbons (Fsp3) is 0.787. The third-order valence-corrected chi connectivity index (χ3v) is 10.2. The summed E-state index contributed by atoms with van der Waals surface area (Å²) < 4.78 is 22.1. The summed E-state index contributed by atoms with van der Waals surface area (Å²) in [4.78, 5) is 25.3. The molecule has 1 heterocycles. The van der Waals surface area contributed by atoms with E-state index in [-0.39, 0.29) is 32.0 Å². The molecule has 330 valence electrons. The Balaban J connectivity index is 2.35. The van der Waals surface area contributed by atoms with Crippen molar-refractivity contribution in [3.8, 4) is 0 Å². The van der Waals surface area contributed by atoms with Crippen molar-refractivity contribution in [3.63, 3.8) is 0 Å². The molecule has 0 spiro atoms. The second-order valence-electron chi connectivity index (χ2n) is 15.5. The van der Waals surface area contributed by atoms with E-state index in [9.17, 15) is 30.0 Å². The molecule has 6 atom stereocenters. The highest BCUT2D eigenvalue weighted by Gasteiger charge is 2.44. The van der Waals surface area contributed by atoms with Crippen LogP contribution in [-0.2, 0) is 28.5 Å². The minimum Gasteiger partial charge on any atom is -0.462 e. The monoisotopic (exact) mass is 807 g/mol. The van der Waals surface area contributed by atoms with Gasteiger partial charge in [-0.1, -0.05) is 165 Å². The van der Waals surface area contributed by atoms with E-state index in [4.69, 9.17) is 18.9 Å². The molecule has 1 saturated heterocycles. The number of aliphatic hydroxyl groups is 4. The number of carbonyl (C=O) groups is 2. The minimum atomic E-state index is -1.60. The molecule has 0 amide bonds. The van der Waals surface area contributed by atoms with Crippen molar-refractivity contribution in [2.75, 3.05) is 19.8 Å². The molecule has 1 aliphatic heterocycles. The second-order valence-corrected chi connectivity index (χ2v) is 15.5. The summed E-state index contributed by atoms with van der Waals surface area (Å²) in [7, 11) is 0. The van der Waals surface area contributed by atoms with Crippen molar-refractivity contribution in [3.05, 3.63) is 48.6 Å². The van der Waals surface area contributed by atoms with Crippen LogP contribution in [0.25, 0.3) is 0 Å². The summed E-state index contributed by atoms with van der Waals surface area (Å²) in [5, 5.41) is 40.1. The van der Waals surface area contributed by atoms with E-state index >= 15 is 0 Å². The summed E-state index contributed by atoms with van der Waals surface area (Å²) in [6.45, 7) is 3.29. The molecular formula is C47H82O10. The summed E-state index contributed by atoms with van der Waals surface area (Å²) in [5.41, 5.74) is 0. The number of allylic oxidation sites excluding steroid dienone is 8. The van der Waals surface area contributed by atoms with Gasteiger partial charge in [0.15, 0.2) is 12.4 Å². The van der Waals surface area contributed by atoms with Gasteiger partial charge >= 0.3 is 11.9 Å². The van der Waals surface area contributed by atoms with Crippen molar-refractivity contribution in [2.24, 2.45) is 0 Å². The SMILES string of the molecule is CC/C=C\C/C=C\C/C=C\C/C=C\CCCCCCC(=O)OC(COC(=O)CCCCCCCCCCCCCCCCC)COC1OC(CO)C(O)C(O)C1O. The van der Waals surface area contributed by atoms with Crippen molar-refractivity contribution < 1.29 is 49.0 Å². The van der Waals surface area contributed by atoms with Gasteiger partial charge in [0.2, 0.25) is 0 Å². The normalized spacial score (nSPS) is 20.7. The fourth-order valence-corrected chi connectivity index (χ4v) is 6.65. The molecule has 0 aromatic heterocycles. The molecule has 1 rings (SSSR count). The Labute approximate surface area is 346 Å². The number of esters is 2. The quantitative estimate of drug-likeness (QED) is 0.0271. The molecule has 0 bridgehead atoms. The Bertz CT molecular complexity index is 1070. The first-order valence-corrected chi connectivity index (χ1v) is 22.7.